The summed E-state index contributed by atoms with van der Waals surface area (Å²) in [5.41, 5.74) is 0.0333. The summed E-state index contributed by atoms with van der Waals surface area (Å²) < 4.78 is 8.63. The summed E-state index contributed by atoms with van der Waals surface area (Å²) in [6.45, 7) is 1.38. The Morgan fingerprint density at radius 2 is 1.50 bits per heavy atom. The fourth-order valence-corrected chi connectivity index (χ4v) is 0.640. The first-order valence-corrected chi connectivity index (χ1v) is 3.45. The first kappa shape index (κ1) is 11.0. The van der Waals surface area contributed by atoms with Crippen molar-refractivity contribution in [3.05, 3.63) is 10.6 Å². The van der Waals surface area contributed by atoms with E-state index in [1.165, 1.54) is 21.1 Å². The number of ether oxygens (including phenoxy) is 2. The molecule has 0 unspecified atom stereocenters. The lowest BCUT2D eigenvalue weighted by atomic mass is 10.3. The Labute approximate surface area is 75.1 Å². The average molecular weight is 193 g/mol. The maximum atomic E-state index is 10.8. The van der Waals surface area contributed by atoms with Crippen molar-refractivity contribution >= 4 is 23.5 Å². The zero-order chi connectivity index (χ0) is 9.72. The van der Waals surface area contributed by atoms with Crippen LogP contribution in [0.1, 0.15) is 6.92 Å². The predicted octanol–water partition coefficient (Wildman–Crippen LogP) is 0.845. The highest BCUT2D eigenvalue weighted by Crippen LogP contribution is 2.11. The van der Waals surface area contributed by atoms with Crippen LogP contribution in [0.5, 0.6) is 0 Å². The lowest BCUT2D eigenvalue weighted by Crippen LogP contribution is -2.09. The second-order valence-electron chi connectivity index (χ2n) is 1.92. The molecule has 0 aliphatic heterocycles. The van der Waals surface area contributed by atoms with Gasteiger partial charge in [-0.05, 0) is 6.92 Å². The van der Waals surface area contributed by atoms with Gasteiger partial charge in [0, 0.05) is 0 Å². The molecule has 0 aliphatic rings. The van der Waals surface area contributed by atoms with E-state index in [-0.39, 0.29) is 10.6 Å². The van der Waals surface area contributed by atoms with Crippen LogP contribution in [0.3, 0.4) is 0 Å². The third-order valence-corrected chi connectivity index (χ3v) is 1.62. The van der Waals surface area contributed by atoms with Crippen LogP contribution in [0, 0.1) is 0 Å². The summed E-state index contributed by atoms with van der Waals surface area (Å²) in [4.78, 5) is 21.6. The van der Waals surface area contributed by atoms with E-state index in [1.54, 1.807) is 0 Å². The Balaban J connectivity index is 4.68. The number of esters is 2. The average Bonchev–Trinajstić information content (AvgIpc) is 2.12. The van der Waals surface area contributed by atoms with Crippen molar-refractivity contribution in [2.24, 2.45) is 0 Å². The second-order valence-corrected chi connectivity index (χ2v) is 2.30. The predicted molar refractivity (Wildman–Crippen MR) is 42.6 cm³/mol. The van der Waals surface area contributed by atoms with Gasteiger partial charge < -0.3 is 9.47 Å². The Kier molecular flexibility index (Phi) is 4.36. The van der Waals surface area contributed by atoms with Crippen molar-refractivity contribution in [2.45, 2.75) is 6.92 Å². The minimum Gasteiger partial charge on any atom is -0.466 e. The summed E-state index contributed by atoms with van der Waals surface area (Å²) in [5.74, 6) is -1.40. The molecule has 0 aromatic carbocycles. The first-order valence-electron chi connectivity index (χ1n) is 3.07. The van der Waals surface area contributed by atoms with Crippen molar-refractivity contribution in [2.75, 3.05) is 14.2 Å². The summed E-state index contributed by atoms with van der Waals surface area (Å²) in [6, 6.07) is 0. The standard InChI is InChI=1S/C7H9ClO4/c1-4(6(9)11-2)5(8)7(10)12-3/h1-3H3. The van der Waals surface area contributed by atoms with Crippen molar-refractivity contribution in [3.8, 4) is 0 Å². The van der Waals surface area contributed by atoms with Crippen LogP contribution in [0.2, 0.25) is 0 Å². The molecule has 0 saturated heterocycles. The van der Waals surface area contributed by atoms with Crippen LogP contribution in [0.15, 0.2) is 10.6 Å². The van der Waals surface area contributed by atoms with E-state index in [2.05, 4.69) is 9.47 Å². The van der Waals surface area contributed by atoms with Gasteiger partial charge in [-0.3, -0.25) is 0 Å². The quantitative estimate of drug-likeness (QED) is 0.481. The number of hydrogen-bond acceptors (Lipinski definition) is 4. The molecule has 0 saturated carbocycles. The maximum absolute atomic E-state index is 10.8. The number of carbonyl (C=O) groups excluding carboxylic acids is 2. The van der Waals surface area contributed by atoms with E-state index in [9.17, 15) is 9.59 Å². The molecule has 0 atom stereocenters. The third kappa shape index (κ3) is 2.54. The van der Waals surface area contributed by atoms with Crippen molar-refractivity contribution < 1.29 is 19.1 Å². The maximum Gasteiger partial charge on any atom is 0.350 e. The van der Waals surface area contributed by atoms with E-state index in [1.807, 2.05) is 0 Å². The van der Waals surface area contributed by atoms with E-state index in [4.69, 9.17) is 11.6 Å². The highest BCUT2D eigenvalue weighted by atomic mass is 35.5. The van der Waals surface area contributed by atoms with Crippen LogP contribution in [0.4, 0.5) is 0 Å². The van der Waals surface area contributed by atoms with Crippen LogP contribution in [-0.4, -0.2) is 26.2 Å². The second kappa shape index (κ2) is 4.77. The molecule has 0 heterocycles. The molecule has 0 amide bonds. The highest BCUT2D eigenvalue weighted by Gasteiger charge is 2.15. The first-order chi connectivity index (χ1) is 5.54. The van der Waals surface area contributed by atoms with Gasteiger partial charge in [0.05, 0.1) is 19.8 Å². The summed E-state index contributed by atoms with van der Waals surface area (Å²) in [7, 11) is 2.38. The van der Waals surface area contributed by atoms with Crippen LogP contribution >= 0.6 is 11.6 Å². The largest absolute Gasteiger partial charge is 0.466 e. The van der Waals surface area contributed by atoms with Gasteiger partial charge in [-0.2, -0.15) is 0 Å². The molecule has 0 radical (unpaired) electrons. The number of hydrogen-bond donors (Lipinski definition) is 0. The molecular formula is C7H9ClO4. The number of carbonyl (C=O) groups is 2. The summed E-state index contributed by atoms with van der Waals surface area (Å²) in [6.07, 6.45) is 0. The number of methoxy groups -OCH3 is 2. The van der Waals surface area contributed by atoms with Crippen molar-refractivity contribution in [1.82, 2.24) is 0 Å². The molecule has 0 rings (SSSR count). The normalized spacial score (nSPS) is 11.7. The summed E-state index contributed by atoms with van der Waals surface area (Å²) in [5, 5.41) is -0.260. The Morgan fingerprint density at radius 3 is 1.83 bits per heavy atom. The minimum absolute atomic E-state index is 0.0333. The van der Waals surface area contributed by atoms with Gasteiger partial charge in [-0.15, -0.1) is 0 Å². The Morgan fingerprint density at radius 1 is 1.08 bits per heavy atom. The van der Waals surface area contributed by atoms with E-state index >= 15 is 0 Å². The molecule has 0 aliphatic carbocycles. The molecule has 0 aromatic rings. The molecular weight excluding hydrogens is 184 g/mol. The molecule has 0 fully saturated rings. The van der Waals surface area contributed by atoms with Gasteiger partial charge in [0.1, 0.15) is 5.03 Å². The summed E-state index contributed by atoms with van der Waals surface area (Å²) >= 11 is 5.46. The van der Waals surface area contributed by atoms with Crippen LogP contribution in [-0.2, 0) is 19.1 Å². The van der Waals surface area contributed by atoms with Gasteiger partial charge in [0.15, 0.2) is 0 Å². The zero-order valence-corrected chi connectivity index (χ0v) is 7.77. The highest BCUT2D eigenvalue weighted by molar-refractivity contribution is 6.43. The van der Waals surface area contributed by atoms with Crippen molar-refractivity contribution in [1.29, 1.82) is 0 Å². The molecule has 0 spiro atoms. The van der Waals surface area contributed by atoms with Crippen LogP contribution in [0.25, 0.3) is 0 Å². The van der Waals surface area contributed by atoms with E-state index < -0.39 is 11.9 Å². The lowest BCUT2D eigenvalue weighted by molar-refractivity contribution is -0.138. The van der Waals surface area contributed by atoms with Gasteiger partial charge in [-0.1, -0.05) is 11.6 Å². The fourth-order valence-electron chi connectivity index (χ4n) is 0.485. The molecule has 68 valence electrons. The number of halogens is 1. The van der Waals surface area contributed by atoms with Gasteiger partial charge in [-0.25, -0.2) is 9.59 Å². The molecule has 4 nitrogen and oxygen atoms in total. The smallest absolute Gasteiger partial charge is 0.350 e. The zero-order valence-electron chi connectivity index (χ0n) is 7.01. The molecule has 12 heavy (non-hydrogen) atoms. The van der Waals surface area contributed by atoms with Crippen LogP contribution < -0.4 is 0 Å². The lowest BCUT2D eigenvalue weighted by Gasteiger charge is -2.01. The Bertz CT molecular complexity index is 208. The number of rotatable bonds is 2. The molecule has 0 bridgehead atoms. The SMILES string of the molecule is COC(=O)C(C)=C(Cl)C(=O)OC. The molecule has 0 N–H and O–H groups in total. The molecule has 0 aromatic heterocycles. The van der Waals surface area contributed by atoms with Crippen molar-refractivity contribution in [3.63, 3.8) is 0 Å². The monoisotopic (exact) mass is 192 g/mol. The van der Waals surface area contributed by atoms with Gasteiger partial charge in [0.25, 0.3) is 0 Å². The molecule has 5 heteroatoms. The Hall–Kier alpha value is -1.03. The van der Waals surface area contributed by atoms with E-state index in [0.717, 1.165) is 0 Å². The minimum atomic E-state index is -0.750. The fraction of sp³-hybridized carbons (Fsp3) is 0.429. The van der Waals surface area contributed by atoms with E-state index in [0.29, 0.717) is 0 Å². The topological polar surface area (TPSA) is 52.6 Å². The van der Waals surface area contributed by atoms with Gasteiger partial charge >= 0.3 is 11.9 Å². The third-order valence-electron chi connectivity index (χ3n) is 1.19. The van der Waals surface area contributed by atoms with Gasteiger partial charge in [0.2, 0.25) is 0 Å².